The maximum absolute atomic E-state index is 13.0. The minimum atomic E-state index is -0.278. The summed E-state index contributed by atoms with van der Waals surface area (Å²) in [6.07, 6.45) is 0. The number of rotatable bonds is 3. The quantitative estimate of drug-likeness (QED) is 0.389. The Bertz CT molecular complexity index is 1680. The van der Waals surface area contributed by atoms with Crippen molar-refractivity contribution in [1.29, 1.82) is 0 Å². The molecule has 0 bridgehead atoms. The molecule has 0 fully saturated rings. The third-order valence-electron chi connectivity index (χ3n) is 5.82. The Morgan fingerprint density at radius 2 is 1.70 bits per heavy atom. The number of carbonyl (C=O) groups excluding carboxylic acids is 1. The van der Waals surface area contributed by atoms with Crippen LogP contribution in [0.5, 0.6) is 0 Å². The molecule has 7 heteroatoms. The maximum atomic E-state index is 13.0. The van der Waals surface area contributed by atoms with Gasteiger partial charge in [0.2, 0.25) is 0 Å². The van der Waals surface area contributed by atoms with Gasteiger partial charge in [0, 0.05) is 23.9 Å². The van der Waals surface area contributed by atoms with E-state index in [0.29, 0.717) is 17.0 Å². The maximum Gasteiger partial charge on any atom is 0.293 e. The first-order chi connectivity index (χ1) is 16.1. The molecule has 0 unspecified atom stereocenters. The molecule has 0 aliphatic rings. The van der Waals surface area contributed by atoms with Gasteiger partial charge in [0.25, 0.3) is 5.91 Å². The molecule has 2 N–H and O–H groups in total. The summed E-state index contributed by atoms with van der Waals surface area (Å²) in [6, 6.07) is 26.7. The number of benzene rings is 4. The van der Waals surface area contributed by atoms with Gasteiger partial charge >= 0.3 is 0 Å². The summed E-state index contributed by atoms with van der Waals surface area (Å²) in [5.74, 6) is -0.0439. The van der Waals surface area contributed by atoms with Crippen LogP contribution in [0.1, 0.15) is 10.6 Å². The Morgan fingerprint density at radius 3 is 2.58 bits per heavy atom. The Balaban J connectivity index is 1.38. The minimum Gasteiger partial charge on any atom is -0.451 e. The van der Waals surface area contributed by atoms with Gasteiger partial charge in [0.05, 0.1) is 17.1 Å². The van der Waals surface area contributed by atoms with Crippen molar-refractivity contribution in [3.05, 3.63) is 90.7 Å². The Morgan fingerprint density at radius 1 is 0.909 bits per heavy atom. The Hall–Kier alpha value is -4.65. The molecule has 0 aliphatic heterocycles. The normalized spacial score (nSPS) is 11.4. The number of anilines is 2. The minimum absolute atomic E-state index is 0.234. The second-order valence-corrected chi connectivity index (χ2v) is 7.90. The summed E-state index contributed by atoms with van der Waals surface area (Å²) in [4.78, 5) is 16.1. The monoisotopic (exact) mass is 433 g/mol. The van der Waals surface area contributed by atoms with Crippen LogP contribution in [0.3, 0.4) is 0 Å². The second-order valence-electron chi connectivity index (χ2n) is 7.90. The number of fused-ring (bicyclic) bond motifs is 4. The predicted molar refractivity (Wildman–Crippen MR) is 130 cm³/mol. The predicted octanol–water partition coefficient (Wildman–Crippen LogP) is 5.18. The highest BCUT2D eigenvalue weighted by atomic mass is 16.3. The van der Waals surface area contributed by atoms with Crippen molar-refractivity contribution in [3.8, 4) is 5.69 Å². The van der Waals surface area contributed by atoms with E-state index < -0.39 is 0 Å². The lowest BCUT2D eigenvalue weighted by Gasteiger charge is -2.17. The highest BCUT2D eigenvalue weighted by Crippen LogP contribution is 2.28. The van der Waals surface area contributed by atoms with E-state index in [2.05, 4.69) is 11.2 Å². The molecule has 4 aromatic carbocycles. The van der Waals surface area contributed by atoms with Crippen LogP contribution < -0.4 is 10.6 Å². The average molecular weight is 433 g/mol. The van der Waals surface area contributed by atoms with Crippen molar-refractivity contribution >= 4 is 50.1 Å². The molecule has 0 saturated heterocycles. The topological polar surface area (TPSA) is 90.2 Å². The van der Waals surface area contributed by atoms with E-state index in [-0.39, 0.29) is 11.7 Å². The fourth-order valence-electron chi connectivity index (χ4n) is 4.08. The molecule has 33 heavy (non-hydrogen) atoms. The van der Waals surface area contributed by atoms with E-state index in [1.54, 1.807) is 30.0 Å². The van der Waals surface area contributed by atoms with Crippen molar-refractivity contribution in [3.63, 3.8) is 0 Å². The zero-order valence-electron chi connectivity index (χ0n) is 17.8. The van der Waals surface area contributed by atoms with Crippen LogP contribution in [-0.2, 0) is 0 Å². The number of para-hydroxylation sites is 2. The van der Waals surface area contributed by atoms with Crippen molar-refractivity contribution in [2.45, 2.75) is 0 Å². The van der Waals surface area contributed by atoms with Crippen LogP contribution in [0, 0.1) is 0 Å². The van der Waals surface area contributed by atoms with E-state index in [1.807, 2.05) is 60.7 Å². The van der Waals surface area contributed by atoms with Crippen LogP contribution in [0.25, 0.3) is 38.5 Å². The van der Waals surface area contributed by atoms with Gasteiger partial charge in [-0.25, -0.2) is 0 Å². The van der Waals surface area contributed by atoms with Gasteiger partial charge in [0.15, 0.2) is 5.76 Å². The third-order valence-corrected chi connectivity index (χ3v) is 5.82. The van der Waals surface area contributed by atoms with Crippen LogP contribution in [0.15, 0.2) is 89.3 Å². The molecule has 0 radical (unpaired) electrons. The van der Waals surface area contributed by atoms with Gasteiger partial charge in [-0.3, -0.25) is 4.79 Å². The molecule has 0 aliphatic carbocycles. The number of nitrogens with zero attached hydrogens (tertiary/aromatic N) is 4. The zero-order valence-corrected chi connectivity index (χ0v) is 17.8. The molecule has 0 saturated carbocycles. The number of aromatic nitrogens is 3. The van der Waals surface area contributed by atoms with Crippen LogP contribution in [0.4, 0.5) is 11.4 Å². The summed E-state index contributed by atoms with van der Waals surface area (Å²) in [5, 5.41) is 12.3. The van der Waals surface area contributed by atoms with Gasteiger partial charge < -0.3 is 15.1 Å². The summed E-state index contributed by atoms with van der Waals surface area (Å²) in [7, 11) is 1.68. The van der Waals surface area contributed by atoms with Crippen molar-refractivity contribution in [2.24, 2.45) is 0 Å². The van der Waals surface area contributed by atoms with Gasteiger partial charge in [0.1, 0.15) is 16.6 Å². The lowest BCUT2D eigenvalue weighted by Crippen LogP contribution is -2.26. The van der Waals surface area contributed by atoms with Gasteiger partial charge in [-0.1, -0.05) is 42.5 Å². The first-order valence-electron chi connectivity index (χ1n) is 10.5. The highest BCUT2D eigenvalue weighted by molar-refractivity contribution is 6.07. The van der Waals surface area contributed by atoms with Crippen LogP contribution >= 0.6 is 0 Å². The standard InChI is InChI=1S/C26H19N5O2/c1-30(22-9-5-4-8-20(22)27)26(32)24-14-17-10-12-18(15-23(17)33-24)31-28-21-13-11-16-6-2-3-7-19(16)25(21)29-31/h2-15H,27H2,1H3. The number of furan rings is 1. The van der Waals surface area contributed by atoms with E-state index >= 15 is 0 Å². The summed E-state index contributed by atoms with van der Waals surface area (Å²) in [6.45, 7) is 0. The number of amides is 1. The number of hydrogen-bond acceptors (Lipinski definition) is 5. The lowest BCUT2D eigenvalue weighted by molar-refractivity contribution is 0.0968. The Kier molecular flexibility index (Phi) is 4.16. The number of carbonyl (C=O) groups is 1. The molecule has 2 aromatic heterocycles. The van der Waals surface area contributed by atoms with Crippen LogP contribution in [-0.4, -0.2) is 27.9 Å². The van der Waals surface area contributed by atoms with E-state index in [9.17, 15) is 4.79 Å². The van der Waals surface area contributed by atoms with Gasteiger partial charge in [-0.05, 0) is 41.8 Å². The first-order valence-corrected chi connectivity index (χ1v) is 10.5. The smallest absolute Gasteiger partial charge is 0.293 e. The van der Waals surface area contributed by atoms with Crippen molar-refractivity contribution < 1.29 is 9.21 Å². The molecule has 7 nitrogen and oxygen atoms in total. The van der Waals surface area contributed by atoms with Gasteiger partial charge in [-0.15, -0.1) is 10.2 Å². The first kappa shape index (κ1) is 19.1. The molecule has 6 aromatic rings. The molecule has 0 atom stereocenters. The summed E-state index contributed by atoms with van der Waals surface area (Å²) >= 11 is 0. The molecular weight excluding hydrogens is 414 g/mol. The van der Waals surface area contributed by atoms with E-state index in [1.165, 1.54) is 4.90 Å². The SMILES string of the molecule is CN(C(=O)c1cc2ccc(-n3nc4ccc5ccccc5c4n3)cc2o1)c1ccccc1N. The van der Waals surface area contributed by atoms with E-state index in [0.717, 1.165) is 32.9 Å². The molecule has 6 rings (SSSR count). The van der Waals surface area contributed by atoms with Crippen molar-refractivity contribution in [1.82, 2.24) is 15.0 Å². The molecule has 2 heterocycles. The molecule has 1 amide bonds. The van der Waals surface area contributed by atoms with Gasteiger partial charge in [-0.2, -0.15) is 4.80 Å². The zero-order chi connectivity index (χ0) is 22.5. The van der Waals surface area contributed by atoms with E-state index in [4.69, 9.17) is 15.2 Å². The van der Waals surface area contributed by atoms with Crippen LogP contribution in [0.2, 0.25) is 0 Å². The third kappa shape index (κ3) is 3.10. The Labute approximate surface area is 188 Å². The average Bonchev–Trinajstić information content (AvgIpc) is 3.47. The molecular formula is C26H19N5O2. The highest BCUT2D eigenvalue weighted by Gasteiger charge is 2.20. The van der Waals surface area contributed by atoms with Crippen molar-refractivity contribution in [2.75, 3.05) is 17.7 Å². The number of nitrogen functional groups attached to an aromatic ring is 1. The second kappa shape index (κ2) is 7.20. The number of hydrogen-bond donors (Lipinski definition) is 1. The fraction of sp³-hybridized carbons (Fsp3) is 0.0385. The molecule has 160 valence electrons. The largest absolute Gasteiger partial charge is 0.451 e. The number of nitrogens with two attached hydrogens (primary N) is 1. The molecule has 0 spiro atoms. The summed E-state index contributed by atoms with van der Waals surface area (Å²) < 4.78 is 5.92. The lowest BCUT2D eigenvalue weighted by atomic mass is 10.1. The summed E-state index contributed by atoms with van der Waals surface area (Å²) in [5.41, 5.74) is 10.2. The fourth-order valence-corrected chi connectivity index (χ4v) is 4.08.